The number of benzene rings is 2. The van der Waals surface area contributed by atoms with E-state index >= 15 is 0 Å². The van der Waals surface area contributed by atoms with Crippen LogP contribution in [0.1, 0.15) is 13.3 Å². The van der Waals surface area contributed by atoms with Crippen molar-refractivity contribution in [2.24, 2.45) is 0 Å². The molecule has 23 heavy (non-hydrogen) atoms. The van der Waals surface area contributed by atoms with Gasteiger partial charge in [0.2, 0.25) is 0 Å². The van der Waals surface area contributed by atoms with E-state index in [2.05, 4.69) is 11.9 Å². The number of aliphatic carboxylic acids is 1. The number of carboxylic acid groups (broad SMARTS) is 1. The molecule has 3 rings (SSSR count). The highest BCUT2D eigenvalue weighted by Crippen LogP contribution is 2.26. The van der Waals surface area contributed by atoms with Crippen molar-refractivity contribution >= 4 is 17.0 Å². The molecule has 3 aromatic rings. The molecule has 5 nitrogen and oxygen atoms in total. The number of hydrogen-bond donors (Lipinski definition) is 1. The Balaban J connectivity index is 2.02. The standard InChI is InChI=1S/C18H18N2O3/c1-2-11-23-14-9-7-13(8-10-14)18-19-15-5-3-4-6-16(15)20(18)12-17(21)22/h3-10H,2,11-12H2,1H3,(H,21,22). The van der Waals surface area contributed by atoms with Crippen molar-refractivity contribution in [1.82, 2.24) is 9.55 Å². The molecule has 0 aliphatic rings. The molecular formula is C18H18N2O3. The minimum absolute atomic E-state index is 0.121. The van der Waals surface area contributed by atoms with E-state index in [9.17, 15) is 9.90 Å². The van der Waals surface area contributed by atoms with Gasteiger partial charge in [-0.25, -0.2) is 4.98 Å². The van der Waals surface area contributed by atoms with Crippen LogP contribution in [-0.4, -0.2) is 27.2 Å². The van der Waals surface area contributed by atoms with Crippen LogP contribution in [0.25, 0.3) is 22.4 Å². The number of ether oxygens (including phenoxy) is 1. The van der Waals surface area contributed by atoms with Gasteiger partial charge in [-0.1, -0.05) is 19.1 Å². The van der Waals surface area contributed by atoms with Crippen LogP contribution in [0.2, 0.25) is 0 Å². The first-order valence-corrected chi connectivity index (χ1v) is 7.59. The number of carboxylic acids is 1. The summed E-state index contributed by atoms with van der Waals surface area (Å²) in [6.45, 7) is 2.61. The molecule has 0 saturated heterocycles. The van der Waals surface area contributed by atoms with Gasteiger partial charge in [0.25, 0.3) is 0 Å². The SMILES string of the molecule is CCCOc1ccc(-c2nc3ccccc3n2CC(=O)O)cc1. The van der Waals surface area contributed by atoms with Gasteiger partial charge in [-0.2, -0.15) is 0 Å². The lowest BCUT2D eigenvalue weighted by Crippen LogP contribution is -2.10. The van der Waals surface area contributed by atoms with Crippen molar-refractivity contribution in [3.05, 3.63) is 48.5 Å². The van der Waals surface area contributed by atoms with Gasteiger partial charge in [0.05, 0.1) is 17.6 Å². The van der Waals surface area contributed by atoms with Crippen molar-refractivity contribution < 1.29 is 14.6 Å². The lowest BCUT2D eigenvalue weighted by molar-refractivity contribution is -0.137. The fraction of sp³-hybridized carbons (Fsp3) is 0.222. The number of imidazole rings is 1. The number of nitrogens with zero attached hydrogens (tertiary/aromatic N) is 2. The van der Waals surface area contributed by atoms with E-state index in [4.69, 9.17) is 4.74 Å². The van der Waals surface area contributed by atoms with E-state index in [1.54, 1.807) is 4.57 Å². The van der Waals surface area contributed by atoms with Gasteiger partial charge in [0, 0.05) is 5.56 Å². The molecule has 0 amide bonds. The molecule has 0 atom stereocenters. The second-order valence-electron chi connectivity index (χ2n) is 5.28. The number of para-hydroxylation sites is 2. The largest absolute Gasteiger partial charge is 0.494 e. The highest BCUT2D eigenvalue weighted by atomic mass is 16.5. The van der Waals surface area contributed by atoms with E-state index in [1.165, 1.54) is 0 Å². The molecule has 0 fully saturated rings. The molecule has 0 saturated carbocycles. The number of carbonyl (C=O) groups is 1. The Bertz CT molecular complexity index is 822. The highest BCUT2D eigenvalue weighted by Gasteiger charge is 2.14. The zero-order valence-corrected chi connectivity index (χ0v) is 12.9. The van der Waals surface area contributed by atoms with Gasteiger partial charge >= 0.3 is 5.97 Å². The van der Waals surface area contributed by atoms with Crippen LogP contribution < -0.4 is 4.74 Å². The molecule has 118 valence electrons. The molecule has 0 aliphatic carbocycles. The van der Waals surface area contributed by atoms with Crippen molar-refractivity contribution in [3.63, 3.8) is 0 Å². The molecule has 1 aromatic heterocycles. The number of fused-ring (bicyclic) bond motifs is 1. The maximum atomic E-state index is 11.2. The van der Waals surface area contributed by atoms with Crippen LogP contribution in [0.4, 0.5) is 0 Å². The first-order chi connectivity index (χ1) is 11.2. The summed E-state index contributed by atoms with van der Waals surface area (Å²) >= 11 is 0. The molecule has 0 unspecified atom stereocenters. The first-order valence-electron chi connectivity index (χ1n) is 7.59. The molecule has 2 aromatic carbocycles. The second kappa shape index (κ2) is 6.52. The van der Waals surface area contributed by atoms with Crippen molar-refractivity contribution in [1.29, 1.82) is 0 Å². The van der Waals surface area contributed by atoms with E-state index in [0.717, 1.165) is 28.8 Å². The summed E-state index contributed by atoms with van der Waals surface area (Å²) in [5.41, 5.74) is 2.47. The monoisotopic (exact) mass is 310 g/mol. The fourth-order valence-electron chi connectivity index (χ4n) is 2.51. The summed E-state index contributed by atoms with van der Waals surface area (Å²) in [7, 11) is 0. The van der Waals surface area contributed by atoms with Crippen molar-refractivity contribution in [2.45, 2.75) is 19.9 Å². The third kappa shape index (κ3) is 3.18. The normalized spacial score (nSPS) is 10.8. The summed E-state index contributed by atoms with van der Waals surface area (Å²) in [6, 6.07) is 15.1. The van der Waals surface area contributed by atoms with Crippen LogP contribution in [-0.2, 0) is 11.3 Å². The van der Waals surface area contributed by atoms with Crippen LogP contribution >= 0.6 is 0 Å². The average Bonchev–Trinajstić information content (AvgIpc) is 2.92. The molecule has 1 N–H and O–H groups in total. The van der Waals surface area contributed by atoms with Crippen LogP contribution in [0.3, 0.4) is 0 Å². The number of rotatable bonds is 6. The van der Waals surface area contributed by atoms with Crippen LogP contribution in [0.15, 0.2) is 48.5 Å². The topological polar surface area (TPSA) is 64.4 Å². The van der Waals surface area contributed by atoms with Crippen LogP contribution in [0, 0.1) is 0 Å². The van der Waals surface area contributed by atoms with Crippen LogP contribution in [0.5, 0.6) is 5.75 Å². The third-order valence-electron chi connectivity index (χ3n) is 3.53. The third-order valence-corrected chi connectivity index (χ3v) is 3.53. The first kappa shape index (κ1) is 15.1. The average molecular weight is 310 g/mol. The molecule has 0 radical (unpaired) electrons. The Labute approximate surface area is 134 Å². The quantitative estimate of drug-likeness (QED) is 0.756. The number of aromatic nitrogens is 2. The Morgan fingerprint density at radius 1 is 1.17 bits per heavy atom. The summed E-state index contributed by atoms with van der Waals surface area (Å²) in [6.07, 6.45) is 0.955. The van der Waals surface area contributed by atoms with Crippen molar-refractivity contribution in [3.8, 4) is 17.1 Å². The summed E-state index contributed by atoms with van der Waals surface area (Å²) in [4.78, 5) is 15.8. The molecule has 0 bridgehead atoms. The van der Waals surface area contributed by atoms with Gasteiger partial charge in [0.15, 0.2) is 0 Å². The minimum Gasteiger partial charge on any atom is -0.494 e. The zero-order valence-electron chi connectivity index (χ0n) is 12.9. The van der Waals surface area contributed by atoms with Gasteiger partial charge in [-0.15, -0.1) is 0 Å². The van der Waals surface area contributed by atoms with Gasteiger partial charge in [-0.3, -0.25) is 4.79 Å². The van der Waals surface area contributed by atoms with E-state index < -0.39 is 5.97 Å². The minimum atomic E-state index is -0.891. The predicted octanol–water partition coefficient (Wildman–Crippen LogP) is 3.58. The lowest BCUT2D eigenvalue weighted by atomic mass is 10.2. The molecule has 5 heteroatoms. The van der Waals surface area contributed by atoms with Gasteiger partial charge in [0.1, 0.15) is 18.1 Å². The fourth-order valence-corrected chi connectivity index (χ4v) is 2.51. The van der Waals surface area contributed by atoms with Crippen molar-refractivity contribution in [2.75, 3.05) is 6.61 Å². The van der Waals surface area contributed by atoms with E-state index in [-0.39, 0.29) is 6.54 Å². The molecular weight excluding hydrogens is 292 g/mol. The van der Waals surface area contributed by atoms with Gasteiger partial charge in [-0.05, 0) is 42.8 Å². The Hall–Kier alpha value is -2.82. The smallest absolute Gasteiger partial charge is 0.323 e. The summed E-state index contributed by atoms with van der Waals surface area (Å²) < 4.78 is 7.30. The van der Waals surface area contributed by atoms with Gasteiger partial charge < -0.3 is 14.4 Å². The molecule has 1 heterocycles. The Morgan fingerprint density at radius 3 is 2.61 bits per heavy atom. The Morgan fingerprint density at radius 2 is 1.91 bits per heavy atom. The summed E-state index contributed by atoms with van der Waals surface area (Å²) in [5.74, 6) is 0.560. The Kier molecular flexibility index (Phi) is 4.28. The maximum Gasteiger partial charge on any atom is 0.323 e. The predicted molar refractivity (Wildman–Crippen MR) is 88.6 cm³/mol. The summed E-state index contributed by atoms with van der Waals surface area (Å²) in [5, 5.41) is 9.19. The van der Waals surface area contributed by atoms with E-state index in [1.807, 2.05) is 48.5 Å². The number of hydrogen-bond acceptors (Lipinski definition) is 3. The van der Waals surface area contributed by atoms with E-state index in [0.29, 0.717) is 12.4 Å². The lowest BCUT2D eigenvalue weighted by Gasteiger charge is -2.08. The molecule has 0 aliphatic heterocycles. The maximum absolute atomic E-state index is 11.2. The highest BCUT2D eigenvalue weighted by molar-refractivity contribution is 5.82. The molecule has 0 spiro atoms. The second-order valence-corrected chi connectivity index (χ2v) is 5.28. The zero-order chi connectivity index (χ0) is 16.2.